The van der Waals surface area contributed by atoms with Gasteiger partial charge in [-0.05, 0) is 24.6 Å². The molecule has 3 nitrogen and oxygen atoms in total. The van der Waals surface area contributed by atoms with Crippen molar-refractivity contribution in [3.63, 3.8) is 0 Å². The summed E-state index contributed by atoms with van der Waals surface area (Å²) in [4.78, 5) is 0. The third kappa shape index (κ3) is 2.63. The number of nitrogens with two attached hydrogens (primary N) is 1. The molecule has 0 saturated heterocycles. The molecule has 1 aromatic rings. The first-order valence-corrected chi connectivity index (χ1v) is 4.57. The Morgan fingerprint density at radius 2 is 2.36 bits per heavy atom. The fraction of sp³-hybridized carbons (Fsp3) is 0.300. The molecule has 1 atom stereocenters. The van der Waals surface area contributed by atoms with Crippen molar-refractivity contribution in [2.24, 2.45) is 5.73 Å². The molecule has 1 aromatic carbocycles. The van der Waals surface area contributed by atoms with E-state index in [1.54, 1.807) is 12.1 Å². The molecule has 0 aliphatic heterocycles. The highest BCUT2D eigenvalue weighted by Gasteiger charge is 2.05. The summed E-state index contributed by atoms with van der Waals surface area (Å²) >= 11 is 5.92. The van der Waals surface area contributed by atoms with E-state index < -0.39 is 0 Å². The van der Waals surface area contributed by atoms with E-state index in [4.69, 9.17) is 27.3 Å². The maximum Gasteiger partial charge on any atom is 0.174 e. The summed E-state index contributed by atoms with van der Waals surface area (Å²) in [6.45, 7) is 1.87. The third-order valence-corrected chi connectivity index (χ3v) is 2.07. The van der Waals surface area contributed by atoms with Gasteiger partial charge >= 0.3 is 0 Å². The van der Waals surface area contributed by atoms with Crippen LogP contribution < -0.4 is 10.5 Å². The van der Waals surface area contributed by atoms with E-state index in [0.717, 1.165) is 5.56 Å². The minimum absolute atomic E-state index is 0.00273. The molecule has 0 fully saturated rings. The van der Waals surface area contributed by atoms with E-state index >= 15 is 0 Å². The lowest BCUT2D eigenvalue weighted by Crippen LogP contribution is -2.05. The number of nitrogens with zero attached hydrogens (tertiary/aromatic N) is 1. The van der Waals surface area contributed by atoms with Crippen molar-refractivity contribution in [2.45, 2.75) is 13.0 Å². The first-order valence-electron chi connectivity index (χ1n) is 4.20. The number of rotatable bonds is 3. The Hall–Kier alpha value is -1.24. The molecule has 0 aliphatic carbocycles. The van der Waals surface area contributed by atoms with Crippen LogP contribution in [-0.2, 0) is 0 Å². The highest BCUT2D eigenvalue weighted by atomic mass is 35.5. The number of ether oxygens (including phenoxy) is 1. The summed E-state index contributed by atoms with van der Waals surface area (Å²) in [7, 11) is 0. The van der Waals surface area contributed by atoms with Crippen LogP contribution in [0.2, 0.25) is 5.02 Å². The van der Waals surface area contributed by atoms with Crippen LogP contribution in [0.1, 0.15) is 18.5 Å². The van der Waals surface area contributed by atoms with Crippen LogP contribution >= 0.6 is 11.6 Å². The van der Waals surface area contributed by atoms with Crippen molar-refractivity contribution in [3.8, 4) is 11.8 Å². The average Bonchev–Trinajstić information content (AvgIpc) is 2.15. The van der Waals surface area contributed by atoms with Gasteiger partial charge in [-0.1, -0.05) is 17.7 Å². The van der Waals surface area contributed by atoms with E-state index in [-0.39, 0.29) is 12.6 Å². The fourth-order valence-electron chi connectivity index (χ4n) is 1.03. The van der Waals surface area contributed by atoms with Gasteiger partial charge in [0.2, 0.25) is 0 Å². The molecular formula is C10H11ClN2O. The summed E-state index contributed by atoms with van der Waals surface area (Å²) in [5.41, 5.74) is 6.62. The van der Waals surface area contributed by atoms with Crippen molar-refractivity contribution in [2.75, 3.05) is 6.61 Å². The maximum atomic E-state index is 8.32. The third-order valence-electron chi connectivity index (χ3n) is 1.77. The minimum atomic E-state index is -0.0579. The Morgan fingerprint density at radius 3 is 2.86 bits per heavy atom. The Kier molecular flexibility index (Phi) is 3.75. The van der Waals surface area contributed by atoms with Gasteiger partial charge in [0.1, 0.15) is 11.8 Å². The van der Waals surface area contributed by atoms with Crippen molar-refractivity contribution in [1.29, 1.82) is 5.26 Å². The zero-order valence-corrected chi connectivity index (χ0v) is 8.58. The quantitative estimate of drug-likeness (QED) is 0.833. The van der Waals surface area contributed by atoms with E-state index in [9.17, 15) is 0 Å². The van der Waals surface area contributed by atoms with Crippen LogP contribution in [-0.4, -0.2) is 6.61 Å². The lowest BCUT2D eigenvalue weighted by molar-refractivity contribution is 0.368. The van der Waals surface area contributed by atoms with E-state index in [2.05, 4.69) is 0 Å². The van der Waals surface area contributed by atoms with Crippen molar-refractivity contribution in [1.82, 2.24) is 0 Å². The van der Waals surface area contributed by atoms with Gasteiger partial charge < -0.3 is 10.5 Å². The Bertz CT molecular complexity index is 358. The molecule has 0 spiro atoms. The Labute approximate surface area is 88.0 Å². The zero-order valence-electron chi connectivity index (χ0n) is 7.83. The molecule has 0 aromatic heterocycles. The van der Waals surface area contributed by atoms with Crippen molar-refractivity contribution < 1.29 is 4.74 Å². The molecule has 0 aliphatic rings. The smallest absolute Gasteiger partial charge is 0.174 e. The molecule has 0 amide bonds. The van der Waals surface area contributed by atoms with Gasteiger partial charge in [-0.15, -0.1) is 0 Å². The van der Waals surface area contributed by atoms with Gasteiger partial charge in [0.25, 0.3) is 0 Å². The molecule has 0 saturated carbocycles. The molecule has 14 heavy (non-hydrogen) atoms. The zero-order chi connectivity index (χ0) is 10.6. The Morgan fingerprint density at radius 1 is 1.64 bits per heavy atom. The van der Waals surface area contributed by atoms with E-state index in [1.807, 2.05) is 19.1 Å². The van der Waals surface area contributed by atoms with Crippen LogP contribution in [0.15, 0.2) is 18.2 Å². The lowest BCUT2D eigenvalue weighted by Gasteiger charge is -2.09. The average molecular weight is 211 g/mol. The fourth-order valence-corrected chi connectivity index (χ4v) is 1.27. The second kappa shape index (κ2) is 4.85. The van der Waals surface area contributed by atoms with Crippen LogP contribution in [0.5, 0.6) is 5.75 Å². The van der Waals surface area contributed by atoms with Gasteiger partial charge in [-0.25, -0.2) is 0 Å². The first-order chi connectivity index (χ1) is 6.65. The Balaban J connectivity index is 2.85. The predicted molar refractivity (Wildman–Crippen MR) is 55.2 cm³/mol. The number of nitriles is 1. The topological polar surface area (TPSA) is 59.0 Å². The summed E-state index contributed by atoms with van der Waals surface area (Å²) in [5, 5.41) is 8.80. The molecule has 0 radical (unpaired) electrons. The number of hydrogen-bond acceptors (Lipinski definition) is 3. The summed E-state index contributed by atoms with van der Waals surface area (Å²) in [6.07, 6.45) is 0. The number of halogens is 1. The number of hydrogen-bond donors (Lipinski definition) is 1. The van der Waals surface area contributed by atoms with Crippen LogP contribution in [0.4, 0.5) is 0 Å². The van der Waals surface area contributed by atoms with Gasteiger partial charge in [0.05, 0.1) is 5.02 Å². The van der Waals surface area contributed by atoms with Crippen LogP contribution in [0.25, 0.3) is 0 Å². The van der Waals surface area contributed by atoms with Gasteiger partial charge in [-0.2, -0.15) is 5.26 Å². The van der Waals surface area contributed by atoms with Crippen molar-refractivity contribution >= 4 is 11.6 Å². The van der Waals surface area contributed by atoms with Crippen LogP contribution in [0.3, 0.4) is 0 Å². The molecule has 4 heteroatoms. The highest BCUT2D eigenvalue weighted by molar-refractivity contribution is 6.32. The first kappa shape index (κ1) is 10.8. The number of benzene rings is 1. The van der Waals surface area contributed by atoms with Gasteiger partial charge in [-0.3, -0.25) is 0 Å². The highest BCUT2D eigenvalue weighted by Crippen LogP contribution is 2.27. The molecule has 0 bridgehead atoms. The molecular weight excluding hydrogens is 200 g/mol. The standard InChI is InChI=1S/C10H11ClN2O/c1-7(13)8-2-3-10(9(11)6-8)14-5-4-12/h2-3,6-7H,5,13H2,1H3/t7-/m1/s1. The summed E-state index contributed by atoms with van der Waals surface area (Å²) < 4.78 is 5.09. The minimum Gasteiger partial charge on any atom is -0.477 e. The lowest BCUT2D eigenvalue weighted by atomic mass is 10.1. The maximum absolute atomic E-state index is 8.32. The molecule has 0 unspecified atom stereocenters. The summed E-state index contributed by atoms with van der Waals surface area (Å²) in [6, 6.07) is 7.12. The SMILES string of the molecule is C[C@@H](N)c1ccc(OCC#N)c(Cl)c1. The van der Waals surface area contributed by atoms with Gasteiger partial charge in [0.15, 0.2) is 6.61 Å². The van der Waals surface area contributed by atoms with Gasteiger partial charge in [0, 0.05) is 6.04 Å². The summed E-state index contributed by atoms with van der Waals surface area (Å²) in [5.74, 6) is 0.512. The molecule has 74 valence electrons. The van der Waals surface area contributed by atoms with E-state index in [0.29, 0.717) is 10.8 Å². The largest absolute Gasteiger partial charge is 0.477 e. The predicted octanol–water partition coefficient (Wildman–Crippen LogP) is 2.26. The van der Waals surface area contributed by atoms with Crippen LogP contribution in [0, 0.1) is 11.3 Å². The monoisotopic (exact) mass is 210 g/mol. The molecule has 1 rings (SSSR count). The van der Waals surface area contributed by atoms with E-state index in [1.165, 1.54) is 0 Å². The second-order valence-electron chi connectivity index (χ2n) is 2.93. The molecule has 2 N–H and O–H groups in total. The normalized spacial score (nSPS) is 11.9. The molecule has 0 heterocycles. The second-order valence-corrected chi connectivity index (χ2v) is 3.33. The van der Waals surface area contributed by atoms with Crippen molar-refractivity contribution in [3.05, 3.63) is 28.8 Å².